The molecule has 2 N–H and O–H groups in total. The number of nitrogens with one attached hydrogen (secondary N) is 1. The first-order valence-electron chi connectivity index (χ1n) is 12.4. The molecule has 10 nitrogen and oxygen atoms in total. The molecule has 2 aliphatic heterocycles. The first-order valence-corrected chi connectivity index (χ1v) is 12.4. The molecule has 0 amide bonds. The maximum Gasteiger partial charge on any atom is 0.252 e. The highest BCUT2D eigenvalue weighted by atomic mass is 19.1. The number of aromatic nitrogens is 6. The van der Waals surface area contributed by atoms with Gasteiger partial charge in [0.25, 0.3) is 5.82 Å². The molecule has 1 aromatic carbocycles. The van der Waals surface area contributed by atoms with Gasteiger partial charge in [-0.3, -0.25) is 0 Å². The molecule has 0 unspecified atom stereocenters. The van der Waals surface area contributed by atoms with Gasteiger partial charge in [-0.05, 0) is 64.5 Å². The standard InChI is InChI=1S/C25H28FN9O/c1-24-8-3-9-25(2,33-24)22(26)19(11-24)35(15-4-5-15)23-28-13-18(30-31-23)17-7-6-16(10-20(17)36)34-14-29-21(12-27)32-34/h6-7,10,13-15,19,22,33,36H,3-5,8-9,11H2,1-2H3/t19-,22-,24-,25+/m0/s1. The van der Waals surface area contributed by atoms with Gasteiger partial charge in [0.15, 0.2) is 0 Å². The van der Waals surface area contributed by atoms with Crippen LogP contribution in [0, 0.1) is 11.3 Å². The minimum Gasteiger partial charge on any atom is -0.507 e. The third-order valence-corrected chi connectivity index (χ3v) is 7.81. The van der Waals surface area contributed by atoms with Crippen molar-refractivity contribution in [2.45, 2.75) is 81.7 Å². The molecular formula is C25H28FN9O. The molecule has 2 saturated heterocycles. The summed E-state index contributed by atoms with van der Waals surface area (Å²) in [5, 5.41) is 36.0. The molecule has 11 heteroatoms. The number of alkyl halides is 1. The van der Waals surface area contributed by atoms with E-state index in [0.717, 1.165) is 32.1 Å². The van der Waals surface area contributed by atoms with E-state index in [-0.39, 0.29) is 29.2 Å². The van der Waals surface area contributed by atoms with Crippen molar-refractivity contribution in [2.24, 2.45) is 0 Å². The Balaban J connectivity index is 1.28. The van der Waals surface area contributed by atoms with Gasteiger partial charge in [0.2, 0.25) is 5.95 Å². The Labute approximate surface area is 208 Å². The van der Waals surface area contributed by atoms with Crippen LogP contribution >= 0.6 is 0 Å². The predicted molar refractivity (Wildman–Crippen MR) is 129 cm³/mol. The van der Waals surface area contributed by atoms with E-state index in [1.807, 2.05) is 13.0 Å². The predicted octanol–water partition coefficient (Wildman–Crippen LogP) is 3.07. The van der Waals surface area contributed by atoms with Crippen molar-refractivity contribution in [3.8, 4) is 28.8 Å². The molecule has 3 aliphatic rings. The van der Waals surface area contributed by atoms with E-state index in [9.17, 15) is 5.11 Å². The Hall–Kier alpha value is -3.65. The van der Waals surface area contributed by atoms with Crippen LogP contribution < -0.4 is 10.2 Å². The summed E-state index contributed by atoms with van der Waals surface area (Å²) in [4.78, 5) is 10.5. The van der Waals surface area contributed by atoms with Crippen LogP contribution in [0.4, 0.5) is 10.3 Å². The van der Waals surface area contributed by atoms with E-state index in [0.29, 0.717) is 29.3 Å². The van der Waals surface area contributed by atoms with Crippen molar-refractivity contribution >= 4 is 5.95 Å². The Kier molecular flexibility index (Phi) is 5.19. The number of aromatic hydroxyl groups is 1. The number of piperidine rings is 2. The molecule has 4 heterocycles. The van der Waals surface area contributed by atoms with Gasteiger partial charge in [-0.2, -0.15) is 5.26 Å². The van der Waals surface area contributed by atoms with Crippen molar-refractivity contribution in [3.63, 3.8) is 0 Å². The fourth-order valence-electron chi connectivity index (χ4n) is 6.01. The summed E-state index contributed by atoms with van der Waals surface area (Å²) in [6, 6.07) is 6.73. The number of phenols is 1. The molecular weight excluding hydrogens is 461 g/mol. The molecule has 0 radical (unpaired) electrons. The van der Waals surface area contributed by atoms with Crippen LogP contribution in [0.3, 0.4) is 0 Å². The van der Waals surface area contributed by atoms with E-state index in [1.54, 1.807) is 18.3 Å². The molecule has 36 heavy (non-hydrogen) atoms. The van der Waals surface area contributed by atoms with Gasteiger partial charge in [-0.1, -0.05) is 0 Å². The Morgan fingerprint density at radius 1 is 1.22 bits per heavy atom. The van der Waals surface area contributed by atoms with Crippen LogP contribution in [0.5, 0.6) is 5.75 Å². The number of anilines is 1. The molecule has 3 fully saturated rings. The SMILES string of the molecule is C[C@@]12CCC[C@@](C)(N1)[C@@H](F)[C@@H](N(c1ncc(-c3ccc(-n4cnc(C#N)n4)cc3O)nn1)C1CC1)C2. The fourth-order valence-corrected chi connectivity index (χ4v) is 6.01. The lowest BCUT2D eigenvalue weighted by Gasteiger charge is -2.57. The number of halogens is 1. The molecule has 0 spiro atoms. The Morgan fingerprint density at radius 2 is 2.06 bits per heavy atom. The average Bonchev–Trinajstić information content (AvgIpc) is 3.57. The highest BCUT2D eigenvalue weighted by molar-refractivity contribution is 5.68. The van der Waals surface area contributed by atoms with Gasteiger partial charge < -0.3 is 15.3 Å². The van der Waals surface area contributed by atoms with Crippen LogP contribution in [-0.2, 0) is 0 Å². The zero-order valence-corrected chi connectivity index (χ0v) is 20.3. The van der Waals surface area contributed by atoms with Gasteiger partial charge in [-0.25, -0.2) is 19.0 Å². The summed E-state index contributed by atoms with van der Waals surface area (Å²) in [7, 11) is 0. The van der Waals surface area contributed by atoms with Crippen LogP contribution in [0.2, 0.25) is 0 Å². The minimum absolute atomic E-state index is 0.0275. The van der Waals surface area contributed by atoms with E-state index in [2.05, 4.69) is 42.4 Å². The van der Waals surface area contributed by atoms with Crippen LogP contribution in [-0.4, -0.2) is 64.4 Å². The van der Waals surface area contributed by atoms with E-state index >= 15 is 4.39 Å². The van der Waals surface area contributed by atoms with Crippen molar-refractivity contribution in [1.82, 2.24) is 35.3 Å². The number of fused-ring (bicyclic) bond motifs is 2. The Bertz CT molecular complexity index is 1330. The summed E-state index contributed by atoms with van der Waals surface area (Å²) in [6.07, 6.45) is 7.51. The van der Waals surface area contributed by atoms with Crippen LogP contribution in [0.15, 0.2) is 30.7 Å². The first kappa shape index (κ1) is 22.8. The summed E-state index contributed by atoms with van der Waals surface area (Å²) >= 11 is 0. The summed E-state index contributed by atoms with van der Waals surface area (Å²) in [6.45, 7) is 4.20. The van der Waals surface area contributed by atoms with E-state index in [1.165, 1.54) is 17.1 Å². The highest BCUT2D eigenvalue weighted by Gasteiger charge is 2.56. The van der Waals surface area contributed by atoms with Crippen molar-refractivity contribution in [1.29, 1.82) is 5.26 Å². The number of benzene rings is 1. The number of hydrogen-bond donors (Lipinski definition) is 2. The zero-order valence-electron chi connectivity index (χ0n) is 20.3. The van der Waals surface area contributed by atoms with Crippen molar-refractivity contribution < 1.29 is 9.50 Å². The molecule has 6 rings (SSSR count). The number of phenolic OH excluding ortho intramolecular Hbond substituents is 1. The largest absolute Gasteiger partial charge is 0.507 e. The monoisotopic (exact) mass is 489 g/mol. The van der Waals surface area contributed by atoms with Gasteiger partial charge in [-0.15, -0.1) is 15.3 Å². The number of nitrogens with zero attached hydrogens (tertiary/aromatic N) is 8. The lowest BCUT2D eigenvalue weighted by atomic mass is 9.68. The normalized spacial score (nSPS) is 29.5. The van der Waals surface area contributed by atoms with E-state index < -0.39 is 11.7 Å². The summed E-state index contributed by atoms with van der Waals surface area (Å²) in [5.41, 5.74) is 0.764. The number of nitriles is 1. The molecule has 1 saturated carbocycles. The lowest BCUT2D eigenvalue weighted by molar-refractivity contribution is 0.0000874. The number of rotatable bonds is 5. The molecule has 3 aromatic rings. The summed E-state index contributed by atoms with van der Waals surface area (Å²) < 4.78 is 17.4. The Morgan fingerprint density at radius 3 is 2.72 bits per heavy atom. The lowest BCUT2D eigenvalue weighted by Crippen LogP contribution is -2.73. The molecule has 2 bridgehead atoms. The van der Waals surface area contributed by atoms with Crippen molar-refractivity contribution in [3.05, 3.63) is 36.5 Å². The topological polar surface area (TPSA) is 129 Å². The smallest absolute Gasteiger partial charge is 0.252 e. The van der Waals surface area contributed by atoms with Crippen LogP contribution in [0.25, 0.3) is 16.9 Å². The van der Waals surface area contributed by atoms with Gasteiger partial charge in [0.05, 0.1) is 17.9 Å². The van der Waals surface area contributed by atoms with Gasteiger partial charge in [0, 0.05) is 28.7 Å². The third kappa shape index (κ3) is 3.86. The van der Waals surface area contributed by atoms with Crippen molar-refractivity contribution in [2.75, 3.05) is 4.90 Å². The zero-order chi connectivity index (χ0) is 25.1. The maximum absolute atomic E-state index is 16.0. The number of hydrogen-bond acceptors (Lipinski definition) is 9. The molecule has 1 aliphatic carbocycles. The quantitative estimate of drug-likeness (QED) is 0.555. The first-order chi connectivity index (χ1) is 17.3. The fraction of sp³-hybridized carbons (Fsp3) is 0.520. The highest BCUT2D eigenvalue weighted by Crippen LogP contribution is 2.46. The third-order valence-electron chi connectivity index (χ3n) is 7.81. The average molecular weight is 490 g/mol. The van der Waals surface area contributed by atoms with Crippen LogP contribution in [0.1, 0.15) is 58.2 Å². The molecule has 4 atom stereocenters. The molecule has 186 valence electrons. The van der Waals surface area contributed by atoms with Gasteiger partial charge >= 0.3 is 0 Å². The second-order valence-corrected chi connectivity index (χ2v) is 10.7. The maximum atomic E-state index is 16.0. The van der Waals surface area contributed by atoms with Gasteiger partial charge in [0.1, 0.15) is 30.0 Å². The molecule has 2 aromatic heterocycles. The van der Waals surface area contributed by atoms with E-state index in [4.69, 9.17) is 5.26 Å². The summed E-state index contributed by atoms with van der Waals surface area (Å²) in [5.74, 6) is 0.449. The second-order valence-electron chi connectivity index (χ2n) is 10.7. The minimum atomic E-state index is -1.04. The second kappa shape index (κ2) is 8.20.